The molecule has 0 amide bonds. The fraction of sp³-hybridized carbons (Fsp3) is 0.500. The molecule has 5 rings (SSSR count). The predicted octanol–water partition coefficient (Wildman–Crippen LogP) is 4.46. The highest BCUT2D eigenvalue weighted by Crippen LogP contribution is 2.49. The van der Waals surface area contributed by atoms with Gasteiger partial charge in [-0.25, -0.2) is 13.8 Å². The Morgan fingerprint density at radius 2 is 2.11 bits per heavy atom. The molecular formula is C20H20ClF2N3O2. The highest BCUT2D eigenvalue weighted by Gasteiger charge is 2.48. The van der Waals surface area contributed by atoms with Gasteiger partial charge in [-0.05, 0) is 31.0 Å². The van der Waals surface area contributed by atoms with Crippen LogP contribution in [0.1, 0.15) is 43.5 Å². The molecule has 0 bridgehead atoms. The average molecular weight is 408 g/mol. The van der Waals surface area contributed by atoms with Crippen LogP contribution in [0, 0.1) is 0 Å². The number of benzene rings is 1. The molecule has 1 saturated carbocycles. The molecule has 1 aliphatic carbocycles. The molecule has 28 heavy (non-hydrogen) atoms. The molecule has 2 atom stereocenters. The molecule has 1 aliphatic heterocycles. The minimum absolute atomic E-state index is 0.0182. The van der Waals surface area contributed by atoms with E-state index in [4.69, 9.17) is 21.3 Å². The molecule has 5 nitrogen and oxygen atoms in total. The molecule has 1 N–H and O–H groups in total. The SMILES string of the molecule is OC[C@H]1C[C@@H](n2c(C3CC(F)(F)C3)nc3cnc4ccc(Cl)cc4c32)CCO1. The van der Waals surface area contributed by atoms with Crippen molar-refractivity contribution in [3.63, 3.8) is 0 Å². The third-order valence-corrected chi connectivity index (χ3v) is 6.10. The van der Waals surface area contributed by atoms with E-state index in [1.54, 1.807) is 12.3 Å². The van der Waals surface area contributed by atoms with Crippen LogP contribution in [-0.4, -0.2) is 44.9 Å². The Kier molecular flexibility index (Phi) is 4.30. The Balaban J connectivity index is 1.72. The van der Waals surface area contributed by atoms with Crippen molar-refractivity contribution in [1.29, 1.82) is 0 Å². The molecule has 0 radical (unpaired) electrons. The molecule has 1 saturated heterocycles. The summed E-state index contributed by atoms with van der Waals surface area (Å²) in [5.41, 5.74) is 2.35. The summed E-state index contributed by atoms with van der Waals surface area (Å²) in [6.07, 6.45) is 2.42. The third kappa shape index (κ3) is 2.96. The Labute approximate surface area is 165 Å². The normalized spacial score (nSPS) is 25.3. The Bertz CT molecular complexity index is 1050. The molecule has 2 fully saturated rings. The van der Waals surface area contributed by atoms with Gasteiger partial charge in [-0.15, -0.1) is 0 Å². The van der Waals surface area contributed by atoms with Crippen LogP contribution in [0.15, 0.2) is 24.4 Å². The number of imidazole rings is 1. The lowest BCUT2D eigenvalue weighted by atomic mass is 9.80. The molecule has 0 spiro atoms. The summed E-state index contributed by atoms with van der Waals surface area (Å²) in [7, 11) is 0. The molecule has 3 aromatic rings. The zero-order valence-corrected chi connectivity index (χ0v) is 15.9. The molecular weight excluding hydrogens is 388 g/mol. The average Bonchev–Trinajstić information content (AvgIpc) is 3.05. The highest BCUT2D eigenvalue weighted by molar-refractivity contribution is 6.31. The standard InChI is InChI=1S/C20H20ClF2N3O2/c21-12-1-2-16-15(5-12)18-17(9-24-16)25-19(11-7-20(22,23)8-11)26(18)13-3-4-28-14(6-13)10-27/h1-2,5,9,11,13-14,27H,3-4,6-8,10H2/t13-,14+/m0/s1. The Morgan fingerprint density at radius 3 is 2.86 bits per heavy atom. The van der Waals surface area contributed by atoms with Crippen LogP contribution in [0.5, 0.6) is 0 Å². The molecule has 2 aliphatic rings. The summed E-state index contributed by atoms with van der Waals surface area (Å²) >= 11 is 6.24. The second kappa shape index (κ2) is 6.61. The monoisotopic (exact) mass is 407 g/mol. The zero-order chi connectivity index (χ0) is 19.5. The number of aliphatic hydroxyl groups is 1. The lowest BCUT2D eigenvalue weighted by Gasteiger charge is -2.37. The van der Waals surface area contributed by atoms with Crippen molar-refractivity contribution in [2.75, 3.05) is 13.2 Å². The van der Waals surface area contributed by atoms with E-state index in [1.807, 2.05) is 12.1 Å². The predicted molar refractivity (Wildman–Crippen MR) is 102 cm³/mol. The van der Waals surface area contributed by atoms with Gasteiger partial charge < -0.3 is 14.4 Å². The second-order valence-corrected chi connectivity index (χ2v) is 8.24. The first kappa shape index (κ1) is 18.2. The van der Waals surface area contributed by atoms with Crippen molar-refractivity contribution in [2.45, 2.75) is 49.7 Å². The Morgan fingerprint density at radius 1 is 1.29 bits per heavy atom. The first-order valence-electron chi connectivity index (χ1n) is 9.51. The lowest BCUT2D eigenvalue weighted by molar-refractivity contribution is -0.0900. The van der Waals surface area contributed by atoms with Gasteiger partial charge >= 0.3 is 0 Å². The summed E-state index contributed by atoms with van der Waals surface area (Å²) in [5.74, 6) is -2.23. The number of alkyl halides is 2. The molecule has 8 heteroatoms. The van der Waals surface area contributed by atoms with E-state index in [0.29, 0.717) is 29.4 Å². The van der Waals surface area contributed by atoms with Gasteiger partial charge in [0, 0.05) is 41.8 Å². The number of hydrogen-bond acceptors (Lipinski definition) is 4. The van der Waals surface area contributed by atoms with Crippen LogP contribution in [0.3, 0.4) is 0 Å². The molecule has 2 aromatic heterocycles. The zero-order valence-electron chi connectivity index (χ0n) is 15.1. The smallest absolute Gasteiger partial charge is 0.249 e. The van der Waals surface area contributed by atoms with Gasteiger partial charge in [0.15, 0.2) is 0 Å². The van der Waals surface area contributed by atoms with Crippen LogP contribution in [0.25, 0.3) is 21.9 Å². The van der Waals surface area contributed by atoms with Crippen LogP contribution in [0.4, 0.5) is 8.78 Å². The number of nitrogens with zero attached hydrogens (tertiary/aromatic N) is 3. The molecule has 0 unspecified atom stereocenters. The van der Waals surface area contributed by atoms with Gasteiger partial charge in [0.05, 0.1) is 29.9 Å². The van der Waals surface area contributed by atoms with E-state index in [-0.39, 0.29) is 37.5 Å². The first-order valence-corrected chi connectivity index (χ1v) is 9.89. The number of hydrogen-bond donors (Lipinski definition) is 1. The number of pyridine rings is 1. The molecule has 148 valence electrons. The fourth-order valence-electron chi connectivity index (χ4n) is 4.49. The van der Waals surface area contributed by atoms with E-state index in [0.717, 1.165) is 22.8 Å². The molecule has 3 heterocycles. The number of aliphatic hydroxyl groups excluding tert-OH is 1. The van der Waals surface area contributed by atoms with Gasteiger partial charge in [-0.2, -0.15) is 0 Å². The van der Waals surface area contributed by atoms with Crippen molar-refractivity contribution in [3.05, 3.63) is 35.2 Å². The van der Waals surface area contributed by atoms with E-state index < -0.39 is 5.92 Å². The van der Waals surface area contributed by atoms with E-state index in [2.05, 4.69) is 9.55 Å². The van der Waals surface area contributed by atoms with Gasteiger partial charge in [0.1, 0.15) is 11.3 Å². The minimum atomic E-state index is -2.62. The number of ether oxygens (including phenoxy) is 1. The van der Waals surface area contributed by atoms with Gasteiger partial charge in [-0.1, -0.05) is 11.6 Å². The maximum Gasteiger partial charge on any atom is 0.249 e. The second-order valence-electron chi connectivity index (χ2n) is 7.81. The number of aromatic nitrogens is 3. The largest absolute Gasteiger partial charge is 0.394 e. The van der Waals surface area contributed by atoms with Crippen molar-refractivity contribution in [1.82, 2.24) is 14.5 Å². The number of fused-ring (bicyclic) bond motifs is 3. The van der Waals surface area contributed by atoms with Crippen LogP contribution in [-0.2, 0) is 4.74 Å². The minimum Gasteiger partial charge on any atom is -0.394 e. The van der Waals surface area contributed by atoms with Crippen molar-refractivity contribution in [3.8, 4) is 0 Å². The highest BCUT2D eigenvalue weighted by atomic mass is 35.5. The topological polar surface area (TPSA) is 60.2 Å². The first-order chi connectivity index (χ1) is 13.4. The number of halogens is 3. The molecule has 1 aromatic carbocycles. The van der Waals surface area contributed by atoms with E-state index in [9.17, 15) is 13.9 Å². The van der Waals surface area contributed by atoms with Gasteiger partial charge in [0.2, 0.25) is 5.92 Å². The van der Waals surface area contributed by atoms with Gasteiger partial charge in [-0.3, -0.25) is 4.98 Å². The summed E-state index contributed by atoms with van der Waals surface area (Å²) in [5, 5.41) is 11.0. The summed E-state index contributed by atoms with van der Waals surface area (Å²) in [4.78, 5) is 9.19. The lowest BCUT2D eigenvalue weighted by Crippen LogP contribution is -2.37. The van der Waals surface area contributed by atoms with Crippen LogP contribution in [0.2, 0.25) is 5.02 Å². The van der Waals surface area contributed by atoms with Crippen LogP contribution < -0.4 is 0 Å². The maximum absolute atomic E-state index is 13.6. The summed E-state index contributed by atoms with van der Waals surface area (Å²) < 4.78 is 34.9. The fourth-order valence-corrected chi connectivity index (χ4v) is 4.66. The quantitative estimate of drug-likeness (QED) is 0.696. The summed E-state index contributed by atoms with van der Waals surface area (Å²) in [6, 6.07) is 5.51. The number of rotatable bonds is 3. The van der Waals surface area contributed by atoms with Crippen molar-refractivity contribution in [2.24, 2.45) is 0 Å². The Hall–Kier alpha value is -1.83. The van der Waals surface area contributed by atoms with E-state index >= 15 is 0 Å². The van der Waals surface area contributed by atoms with Crippen molar-refractivity contribution >= 4 is 33.5 Å². The maximum atomic E-state index is 13.6. The van der Waals surface area contributed by atoms with Crippen molar-refractivity contribution < 1.29 is 18.6 Å². The third-order valence-electron chi connectivity index (χ3n) is 5.87. The summed E-state index contributed by atoms with van der Waals surface area (Å²) in [6.45, 7) is 0.452. The van der Waals surface area contributed by atoms with E-state index in [1.165, 1.54) is 0 Å². The van der Waals surface area contributed by atoms with Crippen LogP contribution >= 0.6 is 11.6 Å². The van der Waals surface area contributed by atoms with Gasteiger partial charge in [0.25, 0.3) is 0 Å².